The number of thiazole rings is 1. The SMILES string of the molecule is COc1ccc(C)nc1NC(=O)c1cnc(Cc2ccccc2)s1. The van der Waals surface area contributed by atoms with E-state index in [9.17, 15) is 4.79 Å². The zero-order valence-corrected chi connectivity index (χ0v) is 14.3. The fraction of sp³-hybridized carbons (Fsp3) is 0.167. The Bertz CT molecular complexity index is 846. The second kappa shape index (κ2) is 7.23. The number of amides is 1. The van der Waals surface area contributed by atoms with Crippen molar-refractivity contribution in [3.05, 3.63) is 69.8 Å². The Kier molecular flexibility index (Phi) is 4.86. The Morgan fingerprint density at radius 2 is 2.00 bits per heavy atom. The van der Waals surface area contributed by atoms with Crippen LogP contribution in [0, 0.1) is 6.92 Å². The van der Waals surface area contributed by atoms with Crippen LogP contribution >= 0.6 is 11.3 Å². The van der Waals surface area contributed by atoms with Gasteiger partial charge in [0.2, 0.25) is 0 Å². The van der Waals surface area contributed by atoms with Crippen LogP contribution in [0.15, 0.2) is 48.7 Å². The van der Waals surface area contributed by atoms with Gasteiger partial charge < -0.3 is 10.1 Å². The predicted molar refractivity (Wildman–Crippen MR) is 94.8 cm³/mol. The summed E-state index contributed by atoms with van der Waals surface area (Å²) in [6, 6.07) is 13.7. The summed E-state index contributed by atoms with van der Waals surface area (Å²) >= 11 is 1.38. The summed E-state index contributed by atoms with van der Waals surface area (Å²) in [4.78, 5) is 21.6. The first kappa shape index (κ1) is 16.1. The molecular formula is C18H17N3O2S. The van der Waals surface area contributed by atoms with Crippen molar-refractivity contribution in [1.82, 2.24) is 9.97 Å². The molecule has 0 aliphatic heterocycles. The Balaban J connectivity index is 1.73. The van der Waals surface area contributed by atoms with Crippen LogP contribution < -0.4 is 10.1 Å². The molecule has 0 bridgehead atoms. The molecule has 3 rings (SSSR count). The standard InChI is InChI=1S/C18H17N3O2S/c1-12-8-9-14(23-2)17(20-12)21-18(22)15-11-19-16(24-15)10-13-6-4-3-5-7-13/h3-9,11H,10H2,1-2H3,(H,20,21,22). The van der Waals surface area contributed by atoms with Crippen molar-refractivity contribution in [3.63, 3.8) is 0 Å². The number of hydrogen-bond donors (Lipinski definition) is 1. The first-order valence-corrected chi connectivity index (χ1v) is 8.29. The number of methoxy groups -OCH3 is 1. The van der Waals surface area contributed by atoms with Crippen LogP contribution in [0.2, 0.25) is 0 Å². The van der Waals surface area contributed by atoms with E-state index in [1.807, 2.05) is 43.3 Å². The van der Waals surface area contributed by atoms with Crippen molar-refractivity contribution < 1.29 is 9.53 Å². The maximum absolute atomic E-state index is 12.4. The highest BCUT2D eigenvalue weighted by Crippen LogP contribution is 2.24. The lowest BCUT2D eigenvalue weighted by atomic mass is 10.2. The van der Waals surface area contributed by atoms with Crippen LogP contribution in [0.3, 0.4) is 0 Å². The molecule has 2 aromatic heterocycles. The minimum atomic E-state index is -0.233. The molecule has 2 heterocycles. The quantitative estimate of drug-likeness (QED) is 0.770. The summed E-state index contributed by atoms with van der Waals surface area (Å²) in [7, 11) is 1.55. The van der Waals surface area contributed by atoms with Crippen molar-refractivity contribution in [2.24, 2.45) is 0 Å². The molecule has 0 atom stereocenters. The van der Waals surface area contributed by atoms with Gasteiger partial charge in [-0.1, -0.05) is 30.3 Å². The summed E-state index contributed by atoms with van der Waals surface area (Å²) < 4.78 is 5.23. The number of carbonyl (C=O) groups is 1. The van der Waals surface area contributed by atoms with Crippen molar-refractivity contribution in [2.45, 2.75) is 13.3 Å². The molecule has 6 heteroatoms. The van der Waals surface area contributed by atoms with Gasteiger partial charge in [-0.05, 0) is 24.6 Å². The second-order valence-corrected chi connectivity index (χ2v) is 6.35. The van der Waals surface area contributed by atoms with Gasteiger partial charge in [0, 0.05) is 12.1 Å². The molecule has 0 saturated heterocycles. The molecule has 0 radical (unpaired) electrons. The van der Waals surface area contributed by atoms with Crippen LogP contribution in [0.25, 0.3) is 0 Å². The molecular weight excluding hydrogens is 322 g/mol. The number of hydrogen-bond acceptors (Lipinski definition) is 5. The van der Waals surface area contributed by atoms with E-state index in [4.69, 9.17) is 4.74 Å². The minimum absolute atomic E-state index is 0.233. The summed E-state index contributed by atoms with van der Waals surface area (Å²) in [6.45, 7) is 1.86. The molecule has 0 fully saturated rings. The van der Waals surface area contributed by atoms with Gasteiger partial charge in [-0.3, -0.25) is 4.79 Å². The van der Waals surface area contributed by atoms with Crippen molar-refractivity contribution in [3.8, 4) is 5.75 Å². The van der Waals surface area contributed by atoms with Crippen molar-refractivity contribution >= 4 is 23.1 Å². The number of nitrogens with one attached hydrogen (secondary N) is 1. The number of carbonyl (C=O) groups excluding carboxylic acids is 1. The number of nitrogens with zero attached hydrogens (tertiary/aromatic N) is 2. The maximum atomic E-state index is 12.4. The smallest absolute Gasteiger partial charge is 0.268 e. The molecule has 1 aromatic carbocycles. The van der Waals surface area contributed by atoms with E-state index in [1.54, 1.807) is 19.4 Å². The lowest BCUT2D eigenvalue weighted by Gasteiger charge is -2.08. The van der Waals surface area contributed by atoms with E-state index >= 15 is 0 Å². The van der Waals surface area contributed by atoms with E-state index in [0.29, 0.717) is 22.9 Å². The average Bonchev–Trinajstić information content (AvgIpc) is 3.05. The third kappa shape index (κ3) is 3.78. The molecule has 1 N–H and O–H groups in total. The van der Waals surface area contributed by atoms with Gasteiger partial charge in [0.15, 0.2) is 11.6 Å². The van der Waals surface area contributed by atoms with E-state index in [-0.39, 0.29) is 5.91 Å². The van der Waals surface area contributed by atoms with Crippen LogP contribution in [0.4, 0.5) is 5.82 Å². The van der Waals surface area contributed by atoms with Crippen LogP contribution in [-0.2, 0) is 6.42 Å². The number of anilines is 1. The van der Waals surface area contributed by atoms with E-state index < -0.39 is 0 Å². The summed E-state index contributed by atoms with van der Waals surface area (Å²) in [5.41, 5.74) is 1.97. The van der Waals surface area contributed by atoms with Crippen molar-refractivity contribution in [1.29, 1.82) is 0 Å². The maximum Gasteiger partial charge on any atom is 0.268 e. The number of pyridine rings is 1. The molecule has 0 spiro atoms. The number of aryl methyl sites for hydroxylation is 1. The average molecular weight is 339 g/mol. The number of aromatic nitrogens is 2. The molecule has 0 aliphatic rings. The third-order valence-electron chi connectivity index (χ3n) is 3.42. The first-order chi connectivity index (χ1) is 11.7. The predicted octanol–water partition coefficient (Wildman–Crippen LogP) is 3.70. The molecule has 5 nitrogen and oxygen atoms in total. The topological polar surface area (TPSA) is 64.1 Å². The Morgan fingerprint density at radius 1 is 1.21 bits per heavy atom. The lowest BCUT2D eigenvalue weighted by molar-refractivity contribution is 0.102. The number of ether oxygens (including phenoxy) is 1. The number of benzene rings is 1. The monoisotopic (exact) mass is 339 g/mol. The van der Waals surface area contributed by atoms with E-state index in [2.05, 4.69) is 15.3 Å². The van der Waals surface area contributed by atoms with Crippen LogP contribution in [0.5, 0.6) is 5.75 Å². The fourth-order valence-corrected chi connectivity index (χ4v) is 3.08. The number of rotatable bonds is 5. The molecule has 0 unspecified atom stereocenters. The Hall–Kier alpha value is -2.73. The minimum Gasteiger partial charge on any atom is -0.493 e. The molecule has 0 aliphatic carbocycles. The van der Waals surface area contributed by atoms with Crippen LogP contribution in [-0.4, -0.2) is 23.0 Å². The molecule has 1 amide bonds. The second-order valence-electron chi connectivity index (χ2n) is 5.24. The summed E-state index contributed by atoms with van der Waals surface area (Å²) in [5, 5.41) is 3.69. The first-order valence-electron chi connectivity index (χ1n) is 7.47. The van der Waals surface area contributed by atoms with E-state index in [1.165, 1.54) is 16.9 Å². The van der Waals surface area contributed by atoms with Gasteiger partial charge in [0.05, 0.1) is 18.3 Å². The fourth-order valence-electron chi connectivity index (χ4n) is 2.23. The largest absolute Gasteiger partial charge is 0.493 e. The Labute approximate surface area is 144 Å². The lowest BCUT2D eigenvalue weighted by Crippen LogP contribution is -2.12. The zero-order valence-electron chi connectivity index (χ0n) is 13.4. The Morgan fingerprint density at radius 3 is 2.75 bits per heavy atom. The van der Waals surface area contributed by atoms with Crippen molar-refractivity contribution in [2.75, 3.05) is 12.4 Å². The molecule has 24 heavy (non-hydrogen) atoms. The third-order valence-corrected chi connectivity index (χ3v) is 4.42. The highest BCUT2D eigenvalue weighted by Gasteiger charge is 2.14. The van der Waals surface area contributed by atoms with Gasteiger partial charge in [0.1, 0.15) is 4.88 Å². The van der Waals surface area contributed by atoms with Gasteiger partial charge in [-0.2, -0.15) is 0 Å². The van der Waals surface area contributed by atoms with Gasteiger partial charge in [0.25, 0.3) is 5.91 Å². The summed E-state index contributed by atoms with van der Waals surface area (Å²) in [6.07, 6.45) is 2.31. The normalized spacial score (nSPS) is 10.4. The van der Waals surface area contributed by atoms with Gasteiger partial charge in [-0.15, -0.1) is 11.3 Å². The van der Waals surface area contributed by atoms with E-state index in [0.717, 1.165) is 10.7 Å². The summed E-state index contributed by atoms with van der Waals surface area (Å²) in [5.74, 6) is 0.715. The molecule has 3 aromatic rings. The highest BCUT2D eigenvalue weighted by molar-refractivity contribution is 7.13. The zero-order chi connectivity index (χ0) is 16.9. The molecule has 0 saturated carbocycles. The van der Waals surface area contributed by atoms with Crippen LogP contribution in [0.1, 0.15) is 25.9 Å². The van der Waals surface area contributed by atoms with Gasteiger partial charge in [-0.25, -0.2) is 9.97 Å². The van der Waals surface area contributed by atoms with Gasteiger partial charge >= 0.3 is 0 Å². The molecule has 122 valence electrons. The highest BCUT2D eigenvalue weighted by atomic mass is 32.1.